The van der Waals surface area contributed by atoms with Gasteiger partial charge in [0.25, 0.3) is 0 Å². The van der Waals surface area contributed by atoms with E-state index < -0.39 is 0 Å². The molecular weight excluding hydrogens is 212 g/mol. The van der Waals surface area contributed by atoms with Crippen LogP contribution >= 0.6 is 11.6 Å². The molecule has 0 atom stereocenters. The third-order valence-corrected chi connectivity index (χ3v) is 2.20. The topological polar surface area (TPSA) is 26.3 Å². The van der Waals surface area contributed by atoms with E-state index in [4.69, 9.17) is 16.3 Å². The maximum absolute atomic E-state index is 11.6. The van der Waals surface area contributed by atoms with E-state index in [1.165, 1.54) is 0 Å². The molecule has 0 spiro atoms. The van der Waals surface area contributed by atoms with E-state index in [0.717, 1.165) is 0 Å². The molecule has 3 heteroatoms. The normalized spacial score (nSPS) is 10.7. The van der Waals surface area contributed by atoms with Gasteiger partial charge in [-0.3, -0.25) is 4.79 Å². The number of ketones is 1. The van der Waals surface area contributed by atoms with E-state index in [-0.39, 0.29) is 11.9 Å². The molecule has 0 aromatic heterocycles. The van der Waals surface area contributed by atoms with Gasteiger partial charge in [0.2, 0.25) is 0 Å². The van der Waals surface area contributed by atoms with Crippen LogP contribution in [0.2, 0.25) is 5.02 Å². The molecule has 1 aromatic rings. The summed E-state index contributed by atoms with van der Waals surface area (Å²) in [4.78, 5) is 11.6. The highest BCUT2D eigenvalue weighted by atomic mass is 35.5. The van der Waals surface area contributed by atoms with Crippen LogP contribution in [0, 0.1) is 0 Å². The number of carbonyl (C=O) groups excluding carboxylic acids is 1. The Morgan fingerprint density at radius 2 is 1.93 bits per heavy atom. The SMILES string of the molecule is CC(C)OCCC(=O)c1ccc(Cl)cc1. The van der Waals surface area contributed by atoms with Gasteiger partial charge in [0.15, 0.2) is 5.78 Å². The largest absolute Gasteiger partial charge is 0.378 e. The van der Waals surface area contributed by atoms with Crippen molar-refractivity contribution in [3.05, 3.63) is 34.9 Å². The third-order valence-electron chi connectivity index (χ3n) is 1.95. The molecule has 0 heterocycles. The van der Waals surface area contributed by atoms with Crippen LogP contribution in [0.5, 0.6) is 0 Å². The van der Waals surface area contributed by atoms with Crippen LogP contribution in [0.4, 0.5) is 0 Å². The van der Waals surface area contributed by atoms with Crippen molar-refractivity contribution in [2.75, 3.05) is 6.61 Å². The van der Waals surface area contributed by atoms with Crippen molar-refractivity contribution >= 4 is 17.4 Å². The molecule has 15 heavy (non-hydrogen) atoms. The lowest BCUT2D eigenvalue weighted by Gasteiger charge is -2.06. The number of benzene rings is 1. The van der Waals surface area contributed by atoms with Crippen molar-refractivity contribution < 1.29 is 9.53 Å². The monoisotopic (exact) mass is 226 g/mol. The van der Waals surface area contributed by atoms with Gasteiger partial charge < -0.3 is 4.74 Å². The highest BCUT2D eigenvalue weighted by molar-refractivity contribution is 6.30. The molecular formula is C12H15ClO2. The van der Waals surface area contributed by atoms with Gasteiger partial charge in [-0.1, -0.05) is 11.6 Å². The molecule has 0 aliphatic carbocycles. The first-order valence-corrected chi connectivity index (χ1v) is 5.38. The van der Waals surface area contributed by atoms with Gasteiger partial charge >= 0.3 is 0 Å². The van der Waals surface area contributed by atoms with Crippen molar-refractivity contribution in [2.45, 2.75) is 26.4 Å². The molecule has 0 aliphatic rings. The number of halogens is 1. The van der Waals surface area contributed by atoms with Crippen LogP contribution < -0.4 is 0 Å². The van der Waals surface area contributed by atoms with Gasteiger partial charge in [-0.05, 0) is 38.1 Å². The molecule has 82 valence electrons. The zero-order valence-electron chi connectivity index (χ0n) is 9.00. The van der Waals surface area contributed by atoms with Crippen LogP contribution in [0.3, 0.4) is 0 Å². The lowest BCUT2D eigenvalue weighted by molar-refractivity contribution is 0.0678. The second kappa shape index (κ2) is 5.89. The van der Waals surface area contributed by atoms with Gasteiger partial charge in [-0.25, -0.2) is 0 Å². The van der Waals surface area contributed by atoms with E-state index in [2.05, 4.69) is 0 Å². The first-order chi connectivity index (χ1) is 7.09. The number of Topliss-reactive ketones (excluding diaryl/α,β-unsaturated/α-hetero) is 1. The Balaban J connectivity index is 2.43. The van der Waals surface area contributed by atoms with Crippen LogP contribution in [-0.4, -0.2) is 18.5 Å². The second-order valence-corrected chi connectivity index (χ2v) is 4.04. The first-order valence-electron chi connectivity index (χ1n) is 5.00. The summed E-state index contributed by atoms with van der Waals surface area (Å²) >= 11 is 5.73. The molecule has 0 amide bonds. The van der Waals surface area contributed by atoms with Crippen LogP contribution in [0.15, 0.2) is 24.3 Å². The molecule has 0 unspecified atom stereocenters. The molecule has 1 rings (SSSR count). The fraction of sp³-hybridized carbons (Fsp3) is 0.417. The van der Waals surface area contributed by atoms with E-state index in [1.807, 2.05) is 13.8 Å². The Bertz CT molecular complexity index is 317. The Hall–Kier alpha value is -0.860. The maximum Gasteiger partial charge on any atom is 0.165 e. The molecule has 0 radical (unpaired) electrons. The second-order valence-electron chi connectivity index (χ2n) is 3.60. The summed E-state index contributed by atoms with van der Waals surface area (Å²) in [6, 6.07) is 6.91. The number of rotatable bonds is 5. The highest BCUT2D eigenvalue weighted by Crippen LogP contribution is 2.11. The quantitative estimate of drug-likeness (QED) is 0.720. The van der Waals surface area contributed by atoms with Gasteiger partial charge in [0.1, 0.15) is 0 Å². The molecule has 0 saturated carbocycles. The zero-order valence-corrected chi connectivity index (χ0v) is 9.75. The van der Waals surface area contributed by atoms with Crippen molar-refractivity contribution in [1.29, 1.82) is 0 Å². The minimum atomic E-state index is 0.0901. The van der Waals surface area contributed by atoms with Crippen molar-refractivity contribution in [1.82, 2.24) is 0 Å². The molecule has 0 saturated heterocycles. The van der Waals surface area contributed by atoms with Crippen molar-refractivity contribution in [2.24, 2.45) is 0 Å². The van der Waals surface area contributed by atoms with Gasteiger partial charge in [0.05, 0.1) is 12.7 Å². The Kier molecular flexibility index (Phi) is 4.79. The smallest absolute Gasteiger partial charge is 0.165 e. The molecule has 0 bridgehead atoms. The predicted octanol–water partition coefficient (Wildman–Crippen LogP) is 3.34. The lowest BCUT2D eigenvalue weighted by Crippen LogP contribution is -2.09. The number of hydrogen-bond donors (Lipinski definition) is 0. The first kappa shape index (κ1) is 12.2. The Labute approximate surface area is 95.2 Å². The summed E-state index contributed by atoms with van der Waals surface area (Å²) in [5, 5.41) is 0.644. The molecule has 0 N–H and O–H groups in total. The van der Waals surface area contributed by atoms with E-state index >= 15 is 0 Å². The Morgan fingerprint density at radius 1 is 1.33 bits per heavy atom. The summed E-state index contributed by atoms with van der Waals surface area (Å²) in [6.07, 6.45) is 0.586. The summed E-state index contributed by atoms with van der Waals surface area (Å²) < 4.78 is 5.31. The predicted molar refractivity (Wildman–Crippen MR) is 61.5 cm³/mol. The summed E-state index contributed by atoms with van der Waals surface area (Å²) in [5.74, 6) is 0.0901. The van der Waals surface area contributed by atoms with Gasteiger partial charge in [-0.15, -0.1) is 0 Å². The van der Waals surface area contributed by atoms with E-state index in [0.29, 0.717) is 23.6 Å². The molecule has 2 nitrogen and oxygen atoms in total. The minimum Gasteiger partial charge on any atom is -0.378 e. The van der Waals surface area contributed by atoms with Crippen LogP contribution in [0.1, 0.15) is 30.6 Å². The molecule has 0 fully saturated rings. The standard InChI is InChI=1S/C12H15ClO2/c1-9(2)15-8-7-12(14)10-3-5-11(13)6-4-10/h3-6,9H,7-8H2,1-2H3. The highest BCUT2D eigenvalue weighted by Gasteiger charge is 2.05. The fourth-order valence-electron chi connectivity index (χ4n) is 1.17. The van der Waals surface area contributed by atoms with Gasteiger partial charge in [0, 0.05) is 17.0 Å². The van der Waals surface area contributed by atoms with Crippen molar-refractivity contribution in [3.63, 3.8) is 0 Å². The summed E-state index contributed by atoms with van der Waals surface area (Å²) in [6.45, 7) is 4.37. The minimum absolute atomic E-state index is 0.0901. The fourth-order valence-corrected chi connectivity index (χ4v) is 1.29. The lowest BCUT2D eigenvalue weighted by atomic mass is 10.1. The Morgan fingerprint density at radius 3 is 2.47 bits per heavy atom. The van der Waals surface area contributed by atoms with Crippen LogP contribution in [-0.2, 0) is 4.74 Å². The number of ether oxygens (including phenoxy) is 1. The van der Waals surface area contributed by atoms with Crippen molar-refractivity contribution in [3.8, 4) is 0 Å². The third kappa shape index (κ3) is 4.45. The van der Waals surface area contributed by atoms with Gasteiger partial charge in [-0.2, -0.15) is 0 Å². The summed E-state index contributed by atoms with van der Waals surface area (Å²) in [5.41, 5.74) is 0.687. The van der Waals surface area contributed by atoms with E-state index in [9.17, 15) is 4.79 Å². The summed E-state index contributed by atoms with van der Waals surface area (Å²) in [7, 11) is 0. The number of carbonyl (C=O) groups is 1. The maximum atomic E-state index is 11.6. The molecule has 0 aliphatic heterocycles. The average molecular weight is 227 g/mol. The molecule has 1 aromatic carbocycles. The van der Waals surface area contributed by atoms with Crippen LogP contribution in [0.25, 0.3) is 0 Å². The number of hydrogen-bond acceptors (Lipinski definition) is 2. The van der Waals surface area contributed by atoms with E-state index in [1.54, 1.807) is 24.3 Å². The zero-order chi connectivity index (χ0) is 11.3. The average Bonchev–Trinajstić information content (AvgIpc) is 2.18.